The van der Waals surface area contributed by atoms with Gasteiger partial charge >= 0.3 is 0 Å². The van der Waals surface area contributed by atoms with E-state index in [1.165, 1.54) is 11.1 Å². The first kappa shape index (κ1) is 18.5. The molecule has 3 aliphatic rings. The van der Waals surface area contributed by atoms with Crippen LogP contribution in [0.4, 0.5) is 5.95 Å². The number of nitrogens with one attached hydrogen (secondary N) is 1. The van der Waals surface area contributed by atoms with Gasteiger partial charge in [0.15, 0.2) is 0 Å². The maximum absolute atomic E-state index is 12.2. The molecule has 0 radical (unpaired) electrons. The van der Waals surface area contributed by atoms with Crippen LogP contribution >= 0.6 is 0 Å². The van der Waals surface area contributed by atoms with Crippen LogP contribution in [0.1, 0.15) is 36.4 Å². The van der Waals surface area contributed by atoms with Crippen LogP contribution in [-0.2, 0) is 10.2 Å². The summed E-state index contributed by atoms with van der Waals surface area (Å²) >= 11 is 0. The molecule has 5 rings (SSSR count). The van der Waals surface area contributed by atoms with E-state index < -0.39 is 6.10 Å². The third-order valence-corrected chi connectivity index (χ3v) is 6.86. The van der Waals surface area contributed by atoms with E-state index in [1.807, 2.05) is 12.1 Å². The van der Waals surface area contributed by atoms with E-state index in [2.05, 4.69) is 43.3 Å². The monoisotopic (exact) mass is 393 g/mol. The van der Waals surface area contributed by atoms with Crippen molar-refractivity contribution in [3.8, 4) is 0 Å². The Kier molecular flexibility index (Phi) is 4.72. The first-order valence-corrected chi connectivity index (χ1v) is 10.5. The molecule has 2 N–H and O–H groups in total. The fraction of sp³-hybridized carbons (Fsp3) is 0.500. The molecule has 1 aromatic carbocycles. The predicted molar refractivity (Wildman–Crippen MR) is 110 cm³/mol. The number of carbonyl (C=O) groups excluding carboxylic acids is 1. The van der Waals surface area contributed by atoms with Crippen molar-refractivity contribution >= 4 is 11.9 Å². The van der Waals surface area contributed by atoms with Crippen molar-refractivity contribution < 1.29 is 9.90 Å². The van der Waals surface area contributed by atoms with Gasteiger partial charge in [0.1, 0.15) is 0 Å². The van der Waals surface area contributed by atoms with Gasteiger partial charge in [-0.25, -0.2) is 9.97 Å². The highest BCUT2D eigenvalue weighted by molar-refractivity contribution is 5.78. The number of amides is 1. The lowest BCUT2D eigenvalue weighted by Crippen LogP contribution is -2.50. The number of hydrogen-bond donors (Lipinski definition) is 2. The van der Waals surface area contributed by atoms with Gasteiger partial charge in [0.25, 0.3) is 0 Å². The highest BCUT2D eigenvalue weighted by Gasteiger charge is 2.54. The summed E-state index contributed by atoms with van der Waals surface area (Å²) in [6.45, 7) is 3.48. The minimum atomic E-state index is -0.523. The third kappa shape index (κ3) is 3.09. The predicted octanol–water partition coefficient (Wildman–Crippen LogP) is 1.25. The van der Waals surface area contributed by atoms with Gasteiger partial charge < -0.3 is 15.3 Å². The molecule has 152 valence electrons. The quantitative estimate of drug-likeness (QED) is 0.799. The molecule has 3 heterocycles. The van der Waals surface area contributed by atoms with Crippen LogP contribution in [0, 0.1) is 0 Å². The molecule has 0 saturated carbocycles. The summed E-state index contributed by atoms with van der Waals surface area (Å²) in [5.74, 6) is 0.799. The molecular formula is C22H27N5O2. The molecule has 7 nitrogen and oxygen atoms in total. The zero-order valence-corrected chi connectivity index (χ0v) is 16.5. The van der Waals surface area contributed by atoms with Gasteiger partial charge in [0.2, 0.25) is 11.9 Å². The van der Waals surface area contributed by atoms with Gasteiger partial charge in [0, 0.05) is 44.0 Å². The number of nitrogens with zero attached hydrogens (tertiary/aromatic N) is 4. The van der Waals surface area contributed by atoms with Crippen molar-refractivity contribution in [3.05, 3.63) is 53.9 Å². The zero-order chi connectivity index (χ0) is 19.8. The van der Waals surface area contributed by atoms with Crippen LogP contribution in [0.25, 0.3) is 0 Å². The largest absolute Gasteiger partial charge is 0.390 e. The van der Waals surface area contributed by atoms with Crippen molar-refractivity contribution in [3.63, 3.8) is 0 Å². The fourth-order valence-corrected chi connectivity index (χ4v) is 5.43. The van der Waals surface area contributed by atoms with E-state index in [1.54, 1.807) is 12.4 Å². The van der Waals surface area contributed by atoms with Crippen molar-refractivity contribution in [2.45, 2.75) is 36.8 Å². The van der Waals surface area contributed by atoms with Crippen molar-refractivity contribution in [2.24, 2.45) is 0 Å². The maximum atomic E-state index is 12.2. The maximum Gasteiger partial charge on any atom is 0.234 e. The van der Waals surface area contributed by atoms with Crippen LogP contribution in [0.3, 0.4) is 0 Å². The minimum Gasteiger partial charge on any atom is -0.390 e. The van der Waals surface area contributed by atoms with Gasteiger partial charge in [-0.1, -0.05) is 24.3 Å². The number of rotatable bonds is 2. The molecular weight excluding hydrogens is 366 g/mol. The standard InChI is InChI=1S/C22H27N5O2/c28-18-15-27(12-4-11-23-18)19-16-5-1-2-6-17(16)22(20(19)29)7-13-26(14-8-22)21-24-9-3-10-25-21/h1-3,5-6,9-10,19-20,29H,4,7-8,11-15H2,(H,23,28)/t19-,20+/m1/s1. The molecule has 2 aliphatic heterocycles. The smallest absolute Gasteiger partial charge is 0.234 e. The van der Waals surface area contributed by atoms with Gasteiger partial charge in [0.05, 0.1) is 18.7 Å². The fourth-order valence-electron chi connectivity index (χ4n) is 5.43. The number of carbonyl (C=O) groups is 1. The Morgan fingerprint density at radius 1 is 1.07 bits per heavy atom. The number of aliphatic hydroxyl groups excluding tert-OH is 1. The van der Waals surface area contributed by atoms with E-state index in [0.717, 1.165) is 44.8 Å². The number of fused-ring (bicyclic) bond motifs is 2. The Labute approximate surface area is 170 Å². The van der Waals surface area contributed by atoms with Crippen molar-refractivity contribution in [1.29, 1.82) is 0 Å². The van der Waals surface area contributed by atoms with Crippen LogP contribution in [0.15, 0.2) is 42.7 Å². The van der Waals surface area contributed by atoms with Crippen LogP contribution in [0.2, 0.25) is 0 Å². The van der Waals surface area contributed by atoms with Crippen molar-refractivity contribution in [2.75, 3.05) is 37.6 Å². The second-order valence-electron chi connectivity index (χ2n) is 8.34. The molecule has 7 heteroatoms. The van der Waals surface area contributed by atoms with E-state index in [9.17, 15) is 9.90 Å². The van der Waals surface area contributed by atoms with Gasteiger partial charge in [-0.05, 0) is 36.5 Å². The summed E-state index contributed by atoms with van der Waals surface area (Å²) in [6.07, 6.45) is 5.62. The summed E-state index contributed by atoms with van der Waals surface area (Å²) in [4.78, 5) is 25.3. The first-order chi connectivity index (χ1) is 14.2. The van der Waals surface area contributed by atoms with Gasteiger partial charge in [-0.15, -0.1) is 0 Å². The Bertz CT molecular complexity index is 882. The molecule has 2 aromatic rings. The number of aromatic nitrogens is 2. The van der Waals surface area contributed by atoms with E-state index >= 15 is 0 Å². The Morgan fingerprint density at radius 2 is 1.83 bits per heavy atom. The molecule has 2 atom stereocenters. The topological polar surface area (TPSA) is 81.6 Å². The molecule has 2 saturated heterocycles. The average molecular weight is 393 g/mol. The molecule has 1 spiro atoms. The van der Waals surface area contributed by atoms with Crippen LogP contribution in [-0.4, -0.2) is 64.7 Å². The lowest BCUT2D eigenvalue weighted by molar-refractivity contribution is -0.122. The molecule has 1 aromatic heterocycles. The average Bonchev–Trinajstić information content (AvgIpc) is 2.88. The number of aliphatic hydroxyl groups is 1. The summed E-state index contributed by atoms with van der Waals surface area (Å²) in [5.41, 5.74) is 2.14. The Hall–Kier alpha value is -2.51. The zero-order valence-electron chi connectivity index (χ0n) is 16.5. The Morgan fingerprint density at radius 3 is 2.62 bits per heavy atom. The SMILES string of the molecule is O=C1CN([C@@H]2c3ccccc3C3(CCN(c4ncccn4)CC3)[C@H]2O)CCCN1. The second-order valence-corrected chi connectivity index (χ2v) is 8.34. The number of anilines is 1. The molecule has 29 heavy (non-hydrogen) atoms. The van der Waals surface area contributed by atoms with Crippen molar-refractivity contribution in [1.82, 2.24) is 20.2 Å². The number of piperidine rings is 1. The van der Waals surface area contributed by atoms with Gasteiger partial charge in [-0.2, -0.15) is 0 Å². The molecule has 0 unspecified atom stereocenters. The molecule has 1 amide bonds. The molecule has 2 fully saturated rings. The molecule has 0 bridgehead atoms. The third-order valence-electron chi connectivity index (χ3n) is 6.86. The first-order valence-electron chi connectivity index (χ1n) is 10.5. The Balaban J connectivity index is 1.45. The van der Waals surface area contributed by atoms with Gasteiger partial charge in [-0.3, -0.25) is 9.69 Å². The lowest BCUT2D eigenvalue weighted by atomic mass is 9.72. The minimum absolute atomic E-state index is 0.0455. The van der Waals surface area contributed by atoms with Crippen LogP contribution < -0.4 is 10.2 Å². The molecule has 1 aliphatic carbocycles. The lowest BCUT2D eigenvalue weighted by Gasteiger charge is -2.43. The normalized spacial score (nSPS) is 26.8. The summed E-state index contributed by atoms with van der Waals surface area (Å²) in [5, 5.41) is 14.6. The number of benzene rings is 1. The van der Waals surface area contributed by atoms with Crippen LogP contribution in [0.5, 0.6) is 0 Å². The number of hydrogen-bond acceptors (Lipinski definition) is 6. The summed E-state index contributed by atoms with van der Waals surface area (Å²) in [6, 6.07) is 10.1. The van der Waals surface area contributed by atoms with E-state index in [0.29, 0.717) is 13.1 Å². The summed E-state index contributed by atoms with van der Waals surface area (Å²) in [7, 11) is 0. The highest BCUT2D eigenvalue weighted by Crippen LogP contribution is 2.53. The summed E-state index contributed by atoms with van der Waals surface area (Å²) < 4.78 is 0. The van der Waals surface area contributed by atoms with E-state index in [-0.39, 0.29) is 17.4 Å². The second kappa shape index (κ2) is 7.39. The highest BCUT2D eigenvalue weighted by atomic mass is 16.3. The van der Waals surface area contributed by atoms with E-state index in [4.69, 9.17) is 0 Å².